The van der Waals surface area contributed by atoms with E-state index >= 15 is 0 Å². The van der Waals surface area contributed by atoms with Gasteiger partial charge in [0.2, 0.25) is 5.82 Å². The number of hydrogen-bond acceptors (Lipinski definition) is 5. The molecular formula is C26H19IrN5-2. The quantitative estimate of drug-likeness (QED) is 0.267. The van der Waals surface area contributed by atoms with Crippen LogP contribution in [0.5, 0.6) is 0 Å². The third-order valence-corrected chi connectivity index (χ3v) is 4.39. The smallest absolute Gasteiger partial charge is 0.201 e. The van der Waals surface area contributed by atoms with Crippen molar-refractivity contribution < 1.29 is 20.1 Å². The van der Waals surface area contributed by atoms with Crippen molar-refractivity contribution in [2.75, 3.05) is 0 Å². The maximum Gasteiger partial charge on any atom is 0.201 e. The van der Waals surface area contributed by atoms with E-state index in [4.69, 9.17) is 0 Å². The Hall–Kier alpha value is -3.60. The molecule has 3 aromatic carbocycles. The van der Waals surface area contributed by atoms with Crippen molar-refractivity contribution in [3.8, 4) is 34.0 Å². The van der Waals surface area contributed by atoms with Crippen LogP contribution in [-0.4, -0.2) is 25.4 Å². The number of nitrogens with zero attached hydrogens (tertiary/aromatic N) is 5. The first-order valence-corrected chi connectivity index (χ1v) is 9.79. The molecule has 0 aliphatic heterocycles. The number of pyridine rings is 1. The molecule has 0 saturated heterocycles. The molecule has 0 unspecified atom stereocenters. The second kappa shape index (κ2) is 11.7. The molecule has 0 saturated carbocycles. The van der Waals surface area contributed by atoms with Gasteiger partial charge in [0, 0.05) is 31.9 Å². The Bertz CT molecular complexity index is 1160. The zero-order valence-corrected chi connectivity index (χ0v) is 19.7. The van der Waals surface area contributed by atoms with Gasteiger partial charge in [-0.25, -0.2) is 0 Å². The normalized spacial score (nSPS) is 9.78. The average molecular weight is 594 g/mol. The topological polar surface area (TPSA) is 64.5 Å². The summed E-state index contributed by atoms with van der Waals surface area (Å²) in [6.45, 7) is 2.04. The maximum absolute atomic E-state index is 4.22. The molecule has 159 valence electrons. The summed E-state index contributed by atoms with van der Waals surface area (Å²) in [7, 11) is 0. The van der Waals surface area contributed by atoms with E-state index in [0.717, 1.165) is 22.4 Å². The van der Waals surface area contributed by atoms with Gasteiger partial charge in [-0.1, -0.05) is 42.0 Å². The van der Waals surface area contributed by atoms with Crippen molar-refractivity contribution in [1.29, 1.82) is 0 Å². The Morgan fingerprint density at radius 3 is 1.75 bits per heavy atom. The van der Waals surface area contributed by atoms with Gasteiger partial charge >= 0.3 is 0 Å². The van der Waals surface area contributed by atoms with Gasteiger partial charge in [-0.15, -0.1) is 82.0 Å². The zero-order chi connectivity index (χ0) is 21.3. The molecule has 0 amide bonds. The first kappa shape index (κ1) is 23.1. The standard InChI is InChI=1S/C15H11N4.C11H8N.Ir/c1-11-7-9-13(10-8-11)15-18-16-14(17-19-15)12-5-3-2-4-6-12;1-2-6-10(7-3-1)11-8-4-5-9-12-11;/h2-5,7-10H,1H3;1-6,8-9H;/q2*-1;. The summed E-state index contributed by atoms with van der Waals surface area (Å²) in [5, 5.41) is 16.4. The van der Waals surface area contributed by atoms with Gasteiger partial charge in [0.05, 0.1) is 0 Å². The summed E-state index contributed by atoms with van der Waals surface area (Å²) in [5.74, 6) is 1.01. The van der Waals surface area contributed by atoms with Crippen LogP contribution in [0.3, 0.4) is 0 Å². The van der Waals surface area contributed by atoms with E-state index < -0.39 is 0 Å². The van der Waals surface area contributed by atoms with E-state index in [0.29, 0.717) is 11.6 Å². The molecule has 0 bridgehead atoms. The minimum Gasteiger partial charge on any atom is -0.305 e. The van der Waals surface area contributed by atoms with Crippen LogP contribution in [0.1, 0.15) is 5.56 Å². The summed E-state index contributed by atoms with van der Waals surface area (Å²) in [6.07, 6.45) is 1.79. The van der Waals surface area contributed by atoms with Gasteiger partial charge in [-0.3, -0.25) is 0 Å². The summed E-state index contributed by atoms with van der Waals surface area (Å²) in [5.41, 5.74) is 4.91. The average Bonchev–Trinajstić information content (AvgIpc) is 2.87. The van der Waals surface area contributed by atoms with Crippen molar-refractivity contribution in [2.24, 2.45) is 0 Å². The second-order valence-corrected chi connectivity index (χ2v) is 6.68. The van der Waals surface area contributed by atoms with Crippen LogP contribution in [0.25, 0.3) is 34.0 Å². The van der Waals surface area contributed by atoms with Crippen LogP contribution in [0.4, 0.5) is 0 Å². The van der Waals surface area contributed by atoms with Crippen molar-refractivity contribution in [3.05, 3.63) is 115 Å². The minimum absolute atomic E-state index is 0. The van der Waals surface area contributed by atoms with Gasteiger partial charge in [-0.05, 0) is 18.7 Å². The van der Waals surface area contributed by atoms with Gasteiger partial charge in [0.15, 0.2) is 0 Å². The van der Waals surface area contributed by atoms with Crippen LogP contribution in [-0.2, 0) is 20.1 Å². The van der Waals surface area contributed by atoms with Crippen LogP contribution >= 0.6 is 0 Å². The zero-order valence-electron chi connectivity index (χ0n) is 17.3. The molecule has 0 N–H and O–H groups in total. The number of benzene rings is 3. The Morgan fingerprint density at radius 2 is 1.19 bits per heavy atom. The molecule has 32 heavy (non-hydrogen) atoms. The molecule has 2 heterocycles. The van der Waals surface area contributed by atoms with Gasteiger partial charge in [-0.2, -0.15) is 10.2 Å². The molecule has 1 radical (unpaired) electrons. The van der Waals surface area contributed by atoms with Gasteiger partial charge < -0.3 is 4.98 Å². The maximum atomic E-state index is 4.22. The molecule has 6 heteroatoms. The summed E-state index contributed by atoms with van der Waals surface area (Å²) < 4.78 is 0. The molecule has 0 spiro atoms. The van der Waals surface area contributed by atoms with Gasteiger partial charge in [0.1, 0.15) is 5.82 Å². The molecule has 0 aliphatic rings. The third kappa shape index (κ3) is 6.20. The fourth-order valence-electron chi connectivity index (χ4n) is 2.76. The molecule has 0 fully saturated rings. The Morgan fingerprint density at radius 1 is 0.594 bits per heavy atom. The fraction of sp³-hybridized carbons (Fsp3) is 0.0385. The van der Waals surface area contributed by atoms with E-state index in [1.165, 1.54) is 5.56 Å². The first-order valence-electron chi connectivity index (χ1n) is 9.79. The van der Waals surface area contributed by atoms with Crippen LogP contribution in [0, 0.1) is 19.1 Å². The third-order valence-electron chi connectivity index (χ3n) is 4.39. The van der Waals surface area contributed by atoms with Crippen LogP contribution in [0.15, 0.2) is 97.2 Å². The predicted octanol–water partition coefficient (Wildman–Crippen LogP) is 5.26. The van der Waals surface area contributed by atoms with E-state index in [1.807, 2.05) is 97.9 Å². The minimum atomic E-state index is 0. The molecule has 0 aliphatic carbocycles. The number of rotatable bonds is 3. The largest absolute Gasteiger partial charge is 0.305 e. The number of aromatic nitrogens is 5. The van der Waals surface area contributed by atoms with Crippen molar-refractivity contribution in [3.63, 3.8) is 0 Å². The summed E-state index contributed by atoms with van der Waals surface area (Å²) in [6, 6.07) is 35.3. The Labute approximate surface area is 201 Å². The predicted molar refractivity (Wildman–Crippen MR) is 121 cm³/mol. The van der Waals surface area contributed by atoms with E-state index in [2.05, 4.69) is 37.5 Å². The van der Waals surface area contributed by atoms with E-state index in [1.54, 1.807) is 6.20 Å². The number of hydrogen-bond donors (Lipinski definition) is 0. The summed E-state index contributed by atoms with van der Waals surface area (Å²) >= 11 is 0. The molecular weight excluding hydrogens is 575 g/mol. The Kier molecular flexibility index (Phi) is 8.44. The Balaban J connectivity index is 0.000000193. The van der Waals surface area contributed by atoms with Crippen molar-refractivity contribution >= 4 is 0 Å². The second-order valence-electron chi connectivity index (χ2n) is 6.68. The van der Waals surface area contributed by atoms with Crippen molar-refractivity contribution in [2.45, 2.75) is 6.92 Å². The first-order chi connectivity index (χ1) is 15.3. The molecule has 5 aromatic rings. The number of aryl methyl sites for hydroxylation is 1. The molecule has 5 nitrogen and oxygen atoms in total. The van der Waals surface area contributed by atoms with Crippen molar-refractivity contribution in [1.82, 2.24) is 25.4 Å². The van der Waals surface area contributed by atoms with Crippen LogP contribution in [0.2, 0.25) is 0 Å². The molecule has 5 rings (SSSR count). The van der Waals surface area contributed by atoms with Gasteiger partial charge in [0.25, 0.3) is 0 Å². The fourth-order valence-corrected chi connectivity index (χ4v) is 2.76. The van der Waals surface area contributed by atoms with Crippen LogP contribution < -0.4 is 0 Å². The summed E-state index contributed by atoms with van der Waals surface area (Å²) in [4.78, 5) is 4.22. The monoisotopic (exact) mass is 594 g/mol. The SMILES string of the molecule is Cc1ccc(-c2nnc(-c3[c-]cccc3)nn2)cc1.[Ir].[c-]1ccccc1-c1ccccn1. The van der Waals surface area contributed by atoms with E-state index in [-0.39, 0.29) is 20.1 Å². The molecule has 0 atom stereocenters. The molecule has 2 aromatic heterocycles. The van der Waals surface area contributed by atoms with E-state index in [9.17, 15) is 0 Å².